The Morgan fingerprint density at radius 1 is 1.00 bits per heavy atom. The number of methoxy groups -OCH3 is 4. The smallest absolute Gasteiger partial charge is 0.322 e. The van der Waals surface area contributed by atoms with E-state index in [2.05, 4.69) is 15.5 Å². The number of hydrogen-bond donors (Lipinski definition) is 1. The standard InChI is InChI=1S/C25H28N4O6/c1-15-21(24-27-23(28-35-24)17-8-11-19(33-4)20(14-17)34-5)22(16-6-9-18(32-3)10-7-16)26-25(30)29(15)12-13-31-2/h6-11,14,22H,12-13H2,1-5H3,(H,26,30). The zero-order valence-corrected chi connectivity index (χ0v) is 20.3. The maximum absolute atomic E-state index is 13.0. The number of hydrogen-bond acceptors (Lipinski definition) is 8. The van der Waals surface area contributed by atoms with Crippen molar-refractivity contribution in [2.75, 3.05) is 41.6 Å². The molecule has 2 amide bonds. The molecule has 1 N–H and O–H groups in total. The fraction of sp³-hybridized carbons (Fsp3) is 0.320. The number of aromatic nitrogens is 2. The topological polar surface area (TPSA) is 108 Å². The Kier molecular flexibility index (Phi) is 7.21. The molecule has 1 atom stereocenters. The van der Waals surface area contributed by atoms with Gasteiger partial charge in [-0.2, -0.15) is 4.98 Å². The molecule has 10 heteroatoms. The zero-order chi connectivity index (χ0) is 24.9. The van der Waals surface area contributed by atoms with E-state index in [0.717, 1.165) is 5.56 Å². The highest BCUT2D eigenvalue weighted by Gasteiger charge is 2.35. The van der Waals surface area contributed by atoms with Crippen LogP contribution in [0, 0.1) is 0 Å². The van der Waals surface area contributed by atoms with Gasteiger partial charge in [-0.05, 0) is 42.8 Å². The lowest BCUT2D eigenvalue weighted by Gasteiger charge is -2.35. The molecule has 35 heavy (non-hydrogen) atoms. The number of carbonyl (C=O) groups is 1. The predicted molar refractivity (Wildman–Crippen MR) is 128 cm³/mol. The van der Waals surface area contributed by atoms with Crippen molar-refractivity contribution in [1.82, 2.24) is 20.4 Å². The molecule has 1 unspecified atom stereocenters. The van der Waals surface area contributed by atoms with Crippen molar-refractivity contribution in [3.8, 4) is 28.6 Å². The van der Waals surface area contributed by atoms with Crippen molar-refractivity contribution >= 4 is 11.6 Å². The number of urea groups is 1. The molecule has 1 aromatic heterocycles. The van der Waals surface area contributed by atoms with Crippen molar-refractivity contribution in [2.45, 2.75) is 13.0 Å². The Bertz CT molecular complexity index is 1220. The molecule has 184 valence electrons. The Balaban J connectivity index is 1.77. The van der Waals surface area contributed by atoms with Gasteiger partial charge < -0.3 is 28.8 Å². The molecule has 2 heterocycles. The van der Waals surface area contributed by atoms with Crippen LogP contribution in [0.5, 0.6) is 17.2 Å². The van der Waals surface area contributed by atoms with E-state index in [0.29, 0.717) is 58.9 Å². The van der Waals surface area contributed by atoms with E-state index in [9.17, 15) is 4.79 Å². The third-order valence-electron chi connectivity index (χ3n) is 5.86. The van der Waals surface area contributed by atoms with Gasteiger partial charge in [-0.25, -0.2) is 4.79 Å². The highest BCUT2D eigenvalue weighted by molar-refractivity contribution is 5.87. The van der Waals surface area contributed by atoms with Crippen molar-refractivity contribution in [3.63, 3.8) is 0 Å². The van der Waals surface area contributed by atoms with Crippen molar-refractivity contribution < 1.29 is 28.3 Å². The summed E-state index contributed by atoms with van der Waals surface area (Å²) < 4.78 is 26.9. The first-order valence-corrected chi connectivity index (χ1v) is 11.0. The van der Waals surface area contributed by atoms with Crippen LogP contribution in [0.4, 0.5) is 4.79 Å². The Labute approximate surface area is 203 Å². The van der Waals surface area contributed by atoms with Crippen LogP contribution in [0.2, 0.25) is 0 Å². The molecule has 0 spiro atoms. The van der Waals surface area contributed by atoms with Gasteiger partial charge in [0.05, 0.1) is 46.1 Å². The lowest BCUT2D eigenvalue weighted by atomic mass is 9.94. The SMILES string of the molecule is COCCN1C(=O)NC(c2ccc(OC)cc2)C(c2nc(-c3ccc(OC)c(OC)c3)no2)=C1C. The number of ether oxygens (including phenoxy) is 4. The second-order valence-electron chi connectivity index (χ2n) is 7.79. The first kappa shape index (κ1) is 24.1. The fourth-order valence-electron chi connectivity index (χ4n) is 3.98. The quantitative estimate of drug-likeness (QED) is 0.491. The van der Waals surface area contributed by atoms with Gasteiger partial charge >= 0.3 is 6.03 Å². The van der Waals surface area contributed by atoms with Crippen molar-refractivity contribution in [1.29, 1.82) is 0 Å². The van der Waals surface area contributed by atoms with Crippen LogP contribution in [0.1, 0.15) is 24.4 Å². The summed E-state index contributed by atoms with van der Waals surface area (Å²) in [7, 11) is 6.34. The molecule has 0 fully saturated rings. The minimum atomic E-state index is -0.495. The minimum absolute atomic E-state index is 0.233. The number of carbonyl (C=O) groups excluding carboxylic acids is 1. The summed E-state index contributed by atoms with van der Waals surface area (Å²) in [5.74, 6) is 2.55. The number of nitrogens with one attached hydrogen (secondary N) is 1. The second kappa shape index (κ2) is 10.5. The van der Waals surface area contributed by atoms with E-state index in [4.69, 9.17) is 23.5 Å². The monoisotopic (exact) mass is 480 g/mol. The number of benzene rings is 2. The molecular weight excluding hydrogens is 452 g/mol. The molecule has 0 radical (unpaired) electrons. The third-order valence-corrected chi connectivity index (χ3v) is 5.86. The third kappa shape index (κ3) is 4.78. The van der Waals surface area contributed by atoms with Gasteiger partial charge in [0.15, 0.2) is 11.5 Å². The van der Waals surface area contributed by atoms with E-state index < -0.39 is 6.04 Å². The second-order valence-corrected chi connectivity index (χ2v) is 7.79. The summed E-state index contributed by atoms with van der Waals surface area (Å²) in [5.41, 5.74) is 2.96. The van der Waals surface area contributed by atoms with Crippen LogP contribution in [-0.4, -0.2) is 62.7 Å². The van der Waals surface area contributed by atoms with E-state index in [1.54, 1.807) is 45.5 Å². The maximum atomic E-state index is 13.0. The normalized spacial score (nSPS) is 15.7. The van der Waals surface area contributed by atoms with Gasteiger partial charge in [0.1, 0.15) is 5.75 Å². The Hall–Kier alpha value is -4.05. The zero-order valence-electron chi connectivity index (χ0n) is 20.3. The molecule has 2 aromatic carbocycles. The first-order valence-electron chi connectivity index (χ1n) is 11.0. The molecule has 1 aliphatic heterocycles. The average Bonchev–Trinajstić information content (AvgIpc) is 3.37. The van der Waals surface area contributed by atoms with E-state index in [1.807, 2.05) is 37.3 Å². The summed E-state index contributed by atoms with van der Waals surface area (Å²) in [6, 6.07) is 12.1. The predicted octanol–water partition coefficient (Wildman–Crippen LogP) is 3.91. The maximum Gasteiger partial charge on any atom is 0.322 e. The van der Waals surface area contributed by atoms with Gasteiger partial charge in [0.2, 0.25) is 5.82 Å². The number of rotatable bonds is 9. The summed E-state index contributed by atoms with van der Waals surface area (Å²) in [5, 5.41) is 7.26. The van der Waals surface area contributed by atoms with E-state index in [-0.39, 0.29) is 6.03 Å². The van der Waals surface area contributed by atoms with E-state index in [1.165, 1.54) is 0 Å². The number of allylic oxidation sites excluding steroid dienone is 1. The summed E-state index contributed by atoms with van der Waals surface area (Å²) in [4.78, 5) is 19.2. The summed E-state index contributed by atoms with van der Waals surface area (Å²) in [6.45, 7) is 2.62. The van der Waals surface area contributed by atoms with Gasteiger partial charge in [-0.3, -0.25) is 4.90 Å². The summed E-state index contributed by atoms with van der Waals surface area (Å²) in [6.07, 6.45) is 0. The number of nitrogens with zero attached hydrogens (tertiary/aromatic N) is 3. The molecule has 0 saturated heterocycles. The van der Waals surface area contributed by atoms with Gasteiger partial charge in [0, 0.05) is 18.4 Å². The Morgan fingerprint density at radius 2 is 1.74 bits per heavy atom. The molecular formula is C25H28N4O6. The molecule has 10 nitrogen and oxygen atoms in total. The van der Waals surface area contributed by atoms with Crippen LogP contribution in [-0.2, 0) is 4.74 Å². The lowest BCUT2D eigenvalue weighted by molar-refractivity contribution is 0.158. The van der Waals surface area contributed by atoms with Crippen LogP contribution < -0.4 is 19.5 Å². The fourth-order valence-corrected chi connectivity index (χ4v) is 3.98. The van der Waals surface area contributed by atoms with Crippen LogP contribution in [0.15, 0.2) is 52.7 Å². The molecule has 4 rings (SSSR count). The minimum Gasteiger partial charge on any atom is -0.497 e. The van der Waals surface area contributed by atoms with Crippen LogP contribution in [0.3, 0.4) is 0 Å². The number of amides is 2. The van der Waals surface area contributed by atoms with E-state index >= 15 is 0 Å². The first-order chi connectivity index (χ1) is 17.0. The Morgan fingerprint density at radius 3 is 2.40 bits per heavy atom. The van der Waals surface area contributed by atoms with Gasteiger partial charge in [0.25, 0.3) is 5.89 Å². The average molecular weight is 481 g/mol. The molecule has 0 aliphatic carbocycles. The molecule has 3 aromatic rings. The van der Waals surface area contributed by atoms with Crippen LogP contribution >= 0.6 is 0 Å². The highest BCUT2D eigenvalue weighted by atomic mass is 16.5. The van der Waals surface area contributed by atoms with Crippen molar-refractivity contribution in [2.24, 2.45) is 0 Å². The highest BCUT2D eigenvalue weighted by Crippen LogP contribution is 2.38. The molecule has 1 aliphatic rings. The molecule has 0 bridgehead atoms. The molecule has 0 saturated carbocycles. The van der Waals surface area contributed by atoms with Gasteiger partial charge in [-0.15, -0.1) is 0 Å². The van der Waals surface area contributed by atoms with Crippen LogP contribution in [0.25, 0.3) is 17.0 Å². The lowest BCUT2D eigenvalue weighted by Crippen LogP contribution is -2.47. The summed E-state index contributed by atoms with van der Waals surface area (Å²) >= 11 is 0. The van der Waals surface area contributed by atoms with Gasteiger partial charge in [-0.1, -0.05) is 17.3 Å². The van der Waals surface area contributed by atoms with Crippen molar-refractivity contribution in [3.05, 3.63) is 59.6 Å². The largest absolute Gasteiger partial charge is 0.497 e.